The lowest BCUT2D eigenvalue weighted by Gasteiger charge is -2.29. The van der Waals surface area contributed by atoms with E-state index in [9.17, 15) is 9.90 Å². The molecule has 7 nitrogen and oxygen atoms in total. The molecule has 0 amide bonds. The number of carboxylic acid groups (broad SMARTS) is 1. The summed E-state index contributed by atoms with van der Waals surface area (Å²) in [5.41, 5.74) is 3.84. The monoisotopic (exact) mass is 470 g/mol. The van der Waals surface area contributed by atoms with Crippen LogP contribution in [-0.4, -0.2) is 32.8 Å². The third kappa shape index (κ3) is 3.88. The topological polar surface area (TPSA) is 79.6 Å². The quantitative estimate of drug-likeness (QED) is 0.394. The summed E-state index contributed by atoms with van der Waals surface area (Å²) in [6.07, 6.45) is 3.74. The summed E-state index contributed by atoms with van der Waals surface area (Å²) in [7, 11) is 1.64. The Morgan fingerprint density at radius 2 is 1.85 bits per heavy atom. The molecule has 1 aliphatic rings. The van der Waals surface area contributed by atoms with Gasteiger partial charge in [-0.15, -0.1) is 0 Å². The SMILES string of the molecule is COc1cccc(N2C(=S)N[C@@H](c3ccccn3)[C@@H]2c2cccn2-c2ccc(C(=O)O)cc2)c1. The van der Waals surface area contributed by atoms with Crippen LogP contribution in [0.15, 0.2) is 91.3 Å². The Balaban J connectivity index is 1.64. The van der Waals surface area contributed by atoms with Crippen LogP contribution in [-0.2, 0) is 0 Å². The first-order chi connectivity index (χ1) is 16.6. The summed E-state index contributed by atoms with van der Waals surface area (Å²) in [5.74, 6) is -0.219. The number of hydrogen-bond donors (Lipinski definition) is 2. The Kier molecular flexibility index (Phi) is 5.73. The molecule has 4 aromatic rings. The number of nitrogens with one attached hydrogen (secondary N) is 1. The Morgan fingerprint density at radius 3 is 2.56 bits per heavy atom. The normalized spacial score (nSPS) is 17.4. The van der Waals surface area contributed by atoms with E-state index in [0.717, 1.165) is 28.5 Å². The summed E-state index contributed by atoms with van der Waals surface area (Å²) >= 11 is 5.81. The molecule has 2 aromatic heterocycles. The highest BCUT2D eigenvalue weighted by atomic mass is 32.1. The van der Waals surface area contributed by atoms with Gasteiger partial charge in [-0.3, -0.25) is 4.98 Å². The molecule has 8 heteroatoms. The van der Waals surface area contributed by atoms with Crippen LogP contribution in [0.25, 0.3) is 5.69 Å². The van der Waals surface area contributed by atoms with Gasteiger partial charge in [-0.25, -0.2) is 4.79 Å². The van der Waals surface area contributed by atoms with Crippen LogP contribution < -0.4 is 15.0 Å². The minimum Gasteiger partial charge on any atom is -0.497 e. The van der Waals surface area contributed by atoms with Gasteiger partial charge in [-0.2, -0.15) is 0 Å². The minimum atomic E-state index is -0.955. The number of pyridine rings is 1. The van der Waals surface area contributed by atoms with E-state index in [1.54, 1.807) is 37.6 Å². The largest absolute Gasteiger partial charge is 0.497 e. The molecule has 2 atom stereocenters. The number of ether oxygens (including phenoxy) is 1. The summed E-state index contributed by atoms with van der Waals surface area (Å²) in [4.78, 5) is 18.0. The standard InChI is InChI=1S/C26H22N4O3S/c1-33-20-7-4-6-19(16-20)30-24(23(28-26(30)34)21-8-2-3-14-27-21)22-9-5-15-29(22)18-12-10-17(11-13-18)25(31)32/h2-16,23-24H,1H3,(H,28,34)(H,31,32)/t23-,24-/m0/s1. The van der Waals surface area contributed by atoms with Crippen LogP contribution >= 0.6 is 12.2 Å². The molecule has 0 saturated carbocycles. The number of thiocarbonyl (C=S) groups is 1. The molecule has 0 spiro atoms. The number of hydrogen-bond acceptors (Lipinski definition) is 4. The minimum absolute atomic E-state index is 0.202. The predicted molar refractivity (Wildman–Crippen MR) is 134 cm³/mol. The van der Waals surface area contributed by atoms with Gasteiger partial charge in [0.05, 0.1) is 24.4 Å². The number of carbonyl (C=O) groups is 1. The highest BCUT2D eigenvalue weighted by Gasteiger charge is 2.42. The van der Waals surface area contributed by atoms with Crippen LogP contribution in [0.3, 0.4) is 0 Å². The van der Waals surface area contributed by atoms with Gasteiger partial charge in [-0.05, 0) is 72.9 Å². The zero-order valence-corrected chi connectivity index (χ0v) is 19.1. The van der Waals surface area contributed by atoms with E-state index in [1.165, 1.54) is 0 Å². The van der Waals surface area contributed by atoms with Crippen LogP contribution in [0.2, 0.25) is 0 Å². The first-order valence-corrected chi connectivity index (χ1v) is 11.1. The fourth-order valence-corrected chi connectivity index (χ4v) is 4.67. The molecular formula is C26H22N4O3S. The van der Waals surface area contributed by atoms with Crippen molar-refractivity contribution in [1.29, 1.82) is 0 Å². The van der Waals surface area contributed by atoms with Crippen molar-refractivity contribution in [3.8, 4) is 11.4 Å². The molecular weight excluding hydrogens is 448 g/mol. The smallest absolute Gasteiger partial charge is 0.335 e. The zero-order valence-electron chi connectivity index (χ0n) is 18.3. The van der Waals surface area contributed by atoms with Crippen molar-refractivity contribution in [3.63, 3.8) is 0 Å². The van der Waals surface area contributed by atoms with Crippen molar-refractivity contribution in [1.82, 2.24) is 14.9 Å². The third-order valence-corrected chi connectivity index (χ3v) is 6.22. The zero-order chi connectivity index (χ0) is 23.7. The van der Waals surface area contributed by atoms with E-state index >= 15 is 0 Å². The van der Waals surface area contributed by atoms with Gasteiger partial charge in [0.15, 0.2) is 5.11 Å². The van der Waals surface area contributed by atoms with Gasteiger partial charge in [0.25, 0.3) is 0 Å². The number of benzene rings is 2. The Labute approximate surface area is 202 Å². The molecule has 0 unspecified atom stereocenters. The number of aromatic carboxylic acids is 1. The lowest BCUT2D eigenvalue weighted by atomic mass is 10.0. The molecule has 0 radical (unpaired) electrons. The molecule has 0 bridgehead atoms. The second-order valence-electron chi connectivity index (χ2n) is 7.85. The Morgan fingerprint density at radius 1 is 1.03 bits per heavy atom. The number of carboxylic acids is 1. The molecule has 1 fully saturated rings. The lowest BCUT2D eigenvalue weighted by Crippen LogP contribution is -2.30. The molecule has 3 heterocycles. The number of rotatable bonds is 6. The fraction of sp³-hybridized carbons (Fsp3) is 0.115. The number of methoxy groups -OCH3 is 1. The highest BCUT2D eigenvalue weighted by molar-refractivity contribution is 7.80. The van der Waals surface area contributed by atoms with E-state index in [1.807, 2.05) is 54.7 Å². The summed E-state index contributed by atoms with van der Waals surface area (Å²) in [6, 6.07) is 24.0. The Bertz CT molecular complexity index is 1340. The first kappa shape index (κ1) is 21.7. The molecule has 170 valence electrons. The first-order valence-electron chi connectivity index (χ1n) is 10.7. The molecule has 0 aliphatic carbocycles. The van der Waals surface area contributed by atoms with Gasteiger partial charge in [0.1, 0.15) is 11.8 Å². The average molecular weight is 471 g/mol. The van der Waals surface area contributed by atoms with Gasteiger partial charge < -0.3 is 24.6 Å². The van der Waals surface area contributed by atoms with Crippen molar-refractivity contribution in [3.05, 3.63) is 108 Å². The van der Waals surface area contributed by atoms with Gasteiger partial charge >= 0.3 is 5.97 Å². The van der Waals surface area contributed by atoms with Crippen LogP contribution in [0.5, 0.6) is 5.75 Å². The summed E-state index contributed by atoms with van der Waals surface area (Å²) < 4.78 is 7.51. The van der Waals surface area contributed by atoms with E-state index in [2.05, 4.69) is 25.8 Å². The maximum atomic E-state index is 11.3. The number of aromatic nitrogens is 2. The van der Waals surface area contributed by atoms with Gasteiger partial charge in [-0.1, -0.05) is 12.1 Å². The number of anilines is 1. The van der Waals surface area contributed by atoms with Crippen molar-refractivity contribution in [2.45, 2.75) is 12.1 Å². The third-order valence-electron chi connectivity index (χ3n) is 5.91. The maximum Gasteiger partial charge on any atom is 0.335 e. The molecule has 2 aromatic carbocycles. The fourth-order valence-electron chi connectivity index (χ4n) is 4.33. The average Bonchev–Trinajstić information content (AvgIpc) is 3.49. The van der Waals surface area contributed by atoms with E-state index in [-0.39, 0.29) is 17.6 Å². The maximum absolute atomic E-state index is 11.3. The highest BCUT2D eigenvalue weighted by Crippen LogP contribution is 2.42. The van der Waals surface area contributed by atoms with Crippen LogP contribution in [0, 0.1) is 0 Å². The molecule has 5 rings (SSSR count). The van der Waals surface area contributed by atoms with E-state index < -0.39 is 5.97 Å². The number of nitrogens with zero attached hydrogens (tertiary/aromatic N) is 3. The summed E-state index contributed by atoms with van der Waals surface area (Å²) in [6.45, 7) is 0. The predicted octanol–water partition coefficient (Wildman–Crippen LogP) is 4.76. The molecule has 1 aliphatic heterocycles. The van der Waals surface area contributed by atoms with Gasteiger partial charge in [0, 0.05) is 35.5 Å². The van der Waals surface area contributed by atoms with Gasteiger partial charge in [0.2, 0.25) is 0 Å². The molecule has 1 saturated heterocycles. The lowest BCUT2D eigenvalue weighted by molar-refractivity contribution is 0.0697. The summed E-state index contributed by atoms with van der Waals surface area (Å²) in [5, 5.41) is 13.3. The second kappa shape index (κ2) is 8.99. The van der Waals surface area contributed by atoms with Crippen molar-refractivity contribution in [2.75, 3.05) is 12.0 Å². The van der Waals surface area contributed by atoms with E-state index in [0.29, 0.717) is 5.11 Å². The van der Waals surface area contributed by atoms with Crippen LogP contribution in [0.4, 0.5) is 5.69 Å². The molecule has 34 heavy (non-hydrogen) atoms. The van der Waals surface area contributed by atoms with Crippen molar-refractivity contribution < 1.29 is 14.6 Å². The van der Waals surface area contributed by atoms with Crippen molar-refractivity contribution >= 4 is 29.0 Å². The molecule has 2 N–H and O–H groups in total. The van der Waals surface area contributed by atoms with E-state index in [4.69, 9.17) is 17.0 Å². The Hall–Kier alpha value is -4.17. The van der Waals surface area contributed by atoms with Crippen molar-refractivity contribution in [2.24, 2.45) is 0 Å². The second-order valence-corrected chi connectivity index (χ2v) is 8.24. The van der Waals surface area contributed by atoms with Crippen LogP contribution in [0.1, 0.15) is 33.8 Å².